The van der Waals surface area contributed by atoms with Gasteiger partial charge < -0.3 is 9.26 Å². The predicted octanol–water partition coefficient (Wildman–Crippen LogP) is 3.96. The molecule has 0 aliphatic carbocycles. The minimum Gasteiger partial charge on any atom is -0.373 e. The Bertz CT molecular complexity index is 605. The van der Waals surface area contributed by atoms with Crippen molar-refractivity contribution in [2.45, 2.75) is 58.7 Å². The van der Waals surface area contributed by atoms with Crippen molar-refractivity contribution in [3.63, 3.8) is 0 Å². The summed E-state index contributed by atoms with van der Waals surface area (Å²) in [5, 5.41) is 4.09. The third-order valence-corrected chi connectivity index (χ3v) is 5.26. The van der Waals surface area contributed by atoms with Gasteiger partial charge in [0, 0.05) is 29.3 Å². The minimum atomic E-state index is 0.317. The van der Waals surface area contributed by atoms with Crippen LogP contribution < -0.4 is 0 Å². The zero-order chi connectivity index (χ0) is 16.1. The van der Waals surface area contributed by atoms with Crippen LogP contribution in [0.5, 0.6) is 0 Å². The number of aromatic nitrogens is 2. The first-order valence-corrected chi connectivity index (χ1v) is 9.34. The molecule has 1 aliphatic heterocycles. The number of nitrogens with zero attached hydrogens (tertiary/aromatic N) is 3. The van der Waals surface area contributed by atoms with Crippen LogP contribution in [0.2, 0.25) is 0 Å². The molecule has 0 N–H and O–H groups in total. The summed E-state index contributed by atoms with van der Waals surface area (Å²) in [6.07, 6.45) is 4.53. The summed E-state index contributed by atoms with van der Waals surface area (Å²) in [5.74, 6) is 1.53. The number of aryl methyl sites for hydroxylation is 1. The molecule has 0 amide bonds. The third kappa shape index (κ3) is 4.40. The number of rotatable bonds is 8. The van der Waals surface area contributed by atoms with E-state index in [9.17, 15) is 0 Å². The fourth-order valence-electron chi connectivity index (χ4n) is 2.82. The predicted molar refractivity (Wildman–Crippen MR) is 90.3 cm³/mol. The van der Waals surface area contributed by atoms with Gasteiger partial charge in [0.25, 0.3) is 0 Å². The summed E-state index contributed by atoms with van der Waals surface area (Å²) in [5.41, 5.74) is 0. The van der Waals surface area contributed by atoms with Crippen molar-refractivity contribution in [1.29, 1.82) is 0 Å². The lowest BCUT2D eigenvalue weighted by atomic mass is 10.2. The second-order valence-corrected chi connectivity index (χ2v) is 7.16. The van der Waals surface area contributed by atoms with Gasteiger partial charge in [-0.1, -0.05) is 19.0 Å². The summed E-state index contributed by atoms with van der Waals surface area (Å²) in [6.45, 7) is 7.80. The molecule has 1 atom stereocenters. The van der Waals surface area contributed by atoms with Gasteiger partial charge in [-0.2, -0.15) is 4.98 Å². The van der Waals surface area contributed by atoms with Crippen LogP contribution in [-0.4, -0.2) is 28.2 Å². The maximum Gasteiger partial charge on any atom is 0.226 e. The summed E-state index contributed by atoms with van der Waals surface area (Å²) in [4.78, 5) is 9.53. The Hall–Kier alpha value is -1.24. The van der Waals surface area contributed by atoms with E-state index in [0.29, 0.717) is 6.10 Å². The molecule has 23 heavy (non-hydrogen) atoms. The van der Waals surface area contributed by atoms with E-state index in [4.69, 9.17) is 9.26 Å². The number of ether oxygens (including phenoxy) is 1. The molecule has 0 aromatic carbocycles. The molecule has 0 unspecified atom stereocenters. The van der Waals surface area contributed by atoms with Crippen LogP contribution in [0, 0.1) is 0 Å². The van der Waals surface area contributed by atoms with Crippen LogP contribution in [0.1, 0.15) is 60.7 Å². The molecule has 0 radical (unpaired) electrons. The first-order chi connectivity index (χ1) is 11.3. The van der Waals surface area contributed by atoms with Crippen LogP contribution in [0.4, 0.5) is 0 Å². The monoisotopic (exact) mass is 335 g/mol. The molecule has 0 spiro atoms. The molecular weight excluding hydrogens is 310 g/mol. The zero-order valence-corrected chi connectivity index (χ0v) is 14.8. The lowest BCUT2D eigenvalue weighted by Crippen LogP contribution is -2.22. The minimum absolute atomic E-state index is 0.317. The highest BCUT2D eigenvalue weighted by Gasteiger charge is 2.20. The van der Waals surface area contributed by atoms with Gasteiger partial charge in [-0.3, -0.25) is 4.90 Å². The molecular formula is C17H25N3O2S. The van der Waals surface area contributed by atoms with E-state index in [1.54, 1.807) is 0 Å². The molecule has 2 aromatic heterocycles. The third-order valence-electron chi connectivity index (χ3n) is 4.10. The van der Waals surface area contributed by atoms with Crippen LogP contribution in [0.25, 0.3) is 0 Å². The Morgan fingerprint density at radius 1 is 1.30 bits per heavy atom. The fourth-order valence-corrected chi connectivity index (χ4v) is 3.96. The summed E-state index contributed by atoms with van der Waals surface area (Å²) in [7, 11) is 0. The second-order valence-electron chi connectivity index (χ2n) is 5.96. The van der Waals surface area contributed by atoms with Gasteiger partial charge in [0.15, 0.2) is 5.82 Å². The molecule has 5 nitrogen and oxygen atoms in total. The van der Waals surface area contributed by atoms with Crippen molar-refractivity contribution in [3.05, 3.63) is 33.6 Å². The first kappa shape index (κ1) is 16.6. The molecule has 1 aliphatic rings. The van der Waals surface area contributed by atoms with E-state index >= 15 is 0 Å². The zero-order valence-electron chi connectivity index (χ0n) is 14.0. The van der Waals surface area contributed by atoms with Gasteiger partial charge in [0.05, 0.1) is 12.6 Å². The van der Waals surface area contributed by atoms with Crippen molar-refractivity contribution >= 4 is 11.3 Å². The normalized spacial score (nSPS) is 18.1. The quantitative estimate of drug-likeness (QED) is 0.731. The van der Waals surface area contributed by atoms with E-state index in [0.717, 1.165) is 57.2 Å². The van der Waals surface area contributed by atoms with Crippen molar-refractivity contribution in [3.8, 4) is 0 Å². The SMILES string of the molecule is CCCc1nc(CN(CC)Cc2ccc([C@H]3CCCO3)s2)no1. The van der Waals surface area contributed by atoms with Crippen molar-refractivity contribution < 1.29 is 9.26 Å². The van der Waals surface area contributed by atoms with Gasteiger partial charge in [0.2, 0.25) is 5.89 Å². The topological polar surface area (TPSA) is 51.4 Å². The lowest BCUT2D eigenvalue weighted by Gasteiger charge is -2.17. The summed E-state index contributed by atoms with van der Waals surface area (Å²) in [6, 6.07) is 4.45. The highest BCUT2D eigenvalue weighted by molar-refractivity contribution is 7.12. The molecule has 2 aromatic rings. The maximum atomic E-state index is 5.77. The number of hydrogen-bond acceptors (Lipinski definition) is 6. The Morgan fingerprint density at radius 3 is 2.96 bits per heavy atom. The van der Waals surface area contributed by atoms with Gasteiger partial charge in [0.1, 0.15) is 0 Å². The van der Waals surface area contributed by atoms with Crippen molar-refractivity contribution in [1.82, 2.24) is 15.0 Å². The first-order valence-electron chi connectivity index (χ1n) is 8.52. The van der Waals surface area contributed by atoms with E-state index in [1.165, 1.54) is 16.2 Å². The van der Waals surface area contributed by atoms with Gasteiger partial charge in [-0.15, -0.1) is 11.3 Å². The Balaban J connectivity index is 1.57. The molecule has 3 rings (SSSR count). The fraction of sp³-hybridized carbons (Fsp3) is 0.647. The van der Waals surface area contributed by atoms with Crippen LogP contribution in [-0.2, 0) is 24.2 Å². The highest BCUT2D eigenvalue weighted by atomic mass is 32.1. The van der Waals surface area contributed by atoms with Gasteiger partial charge >= 0.3 is 0 Å². The molecule has 6 heteroatoms. The smallest absolute Gasteiger partial charge is 0.226 e. The molecule has 0 bridgehead atoms. The average molecular weight is 335 g/mol. The van der Waals surface area contributed by atoms with Gasteiger partial charge in [-0.05, 0) is 37.9 Å². The van der Waals surface area contributed by atoms with Crippen molar-refractivity contribution in [2.75, 3.05) is 13.2 Å². The summed E-state index contributed by atoms with van der Waals surface area (Å²) < 4.78 is 11.0. The molecule has 126 valence electrons. The second kappa shape index (κ2) is 8.04. The van der Waals surface area contributed by atoms with E-state index in [-0.39, 0.29) is 0 Å². The highest BCUT2D eigenvalue weighted by Crippen LogP contribution is 2.33. The standard InChI is InChI=1S/C17H25N3O2S/c1-3-6-17-18-16(19-22-17)12-20(4-2)11-13-8-9-15(23-13)14-7-5-10-21-14/h8-9,14H,3-7,10-12H2,1-2H3/t14-/m1/s1. The Labute approximate surface area is 141 Å². The van der Waals surface area contributed by atoms with E-state index < -0.39 is 0 Å². The molecule has 3 heterocycles. The molecule has 1 fully saturated rings. The lowest BCUT2D eigenvalue weighted by molar-refractivity contribution is 0.114. The van der Waals surface area contributed by atoms with Gasteiger partial charge in [-0.25, -0.2) is 0 Å². The summed E-state index contributed by atoms with van der Waals surface area (Å²) >= 11 is 1.87. The number of thiophene rings is 1. The van der Waals surface area contributed by atoms with Crippen molar-refractivity contribution in [2.24, 2.45) is 0 Å². The van der Waals surface area contributed by atoms with Crippen LogP contribution >= 0.6 is 11.3 Å². The maximum absolute atomic E-state index is 5.77. The Kier molecular flexibility index (Phi) is 5.80. The largest absolute Gasteiger partial charge is 0.373 e. The van der Waals surface area contributed by atoms with E-state index in [2.05, 4.69) is 41.0 Å². The van der Waals surface area contributed by atoms with E-state index in [1.807, 2.05) is 11.3 Å². The molecule has 1 saturated heterocycles. The number of hydrogen-bond donors (Lipinski definition) is 0. The van der Waals surface area contributed by atoms with Crippen LogP contribution in [0.3, 0.4) is 0 Å². The molecule has 0 saturated carbocycles. The van der Waals surface area contributed by atoms with Crippen LogP contribution in [0.15, 0.2) is 16.7 Å². The Morgan fingerprint density at radius 2 is 2.22 bits per heavy atom. The average Bonchev–Trinajstić information content (AvgIpc) is 3.28.